The second kappa shape index (κ2) is 9.51. The number of sulfonamides is 2. The Bertz CT molecular complexity index is 1800. The SMILES string of the molecule is [C-]#[N+]C1(NS(=O)(=O)c2cc(C3=CCN(S(=O)(=O)C(C)C)CC3)c3c(n2)[n+](-c2nnc(C(F)(F)F)s2)nn3C)CC1. The molecule has 5 rings (SSSR count). The maximum absolute atomic E-state index is 13.3. The predicted molar refractivity (Wildman–Crippen MR) is 136 cm³/mol. The Morgan fingerprint density at radius 1 is 1.23 bits per heavy atom. The Morgan fingerprint density at radius 2 is 1.93 bits per heavy atom. The zero-order valence-electron chi connectivity index (χ0n) is 21.3. The van der Waals surface area contributed by atoms with Gasteiger partial charge in [-0.3, -0.25) is 4.85 Å². The van der Waals surface area contributed by atoms with E-state index >= 15 is 0 Å². The first kappa shape index (κ1) is 28.5. The topological polar surface area (TPSA) is 148 Å². The van der Waals surface area contributed by atoms with Crippen molar-refractivity contribution in [3.05, 3.63) is 34.1 Å². The smallest absolute Gasteiger partial charge is 0.292 e. The normalized spacial score (nSPS) is 18.2. The van der Waals surface area contributed by atoms with E-state index in [4.69, 9.17) is 6.57 Å². The molecule has 19 heteroatoms. The van der Waals surface area contributed by atoms with Crippen molar-refractivity contribution in [1.29, 1.82) is 0 Å². The van der Waals surface area contributed by atoms with E-state index in [0.717, 1.165) is 4.68 Å². The lowest BCUT2D eigenvalue weighted by molar-refractivity contribution is -0.638. The molecule has 40 heavy (non-hydrogen) atoms. The van der Waals surface area contributed by atoms with Crippen LogP contribution in [0, 0.1) is 6.57 Å². The van der Waals surface area contributed by atoms with Crippen molar-refractivity contribution in [2.45, 2.75) is 55.2 Å². The number of aromatic nitrogens is 6. The summed E-state index contributed by atoms with van der Waals surface area (Å²) in [5.74, 6) is 0. The summed E-state index contributed by atoms with van der Waals surface area (Å²) in [5.41, 5.74) is -0.115. The minimum atomic E-state index is -4.74. The number of nitrogens with one attached hydrogen (secondary N) is 1. The Balaban J connectivity index is 1.68. The van der Waals surface area contributed by atoms with Gasteiger partial charge in [0.15, 0.2) is 5.52 Å². The zero-order chi connectivity index (χ0) is 29.3. The van der Waals surface area contributed by atoms with E-state index in [1.807, 2.05) is 0 Å². The largest absolute Gasteiger partial charge is 0.446 e. The number of halogens is 3. The van der Waals surface area contributed by atoms with Gasteiger partial charge in [-0.05, 0) is 42.3 Å². The Morgan fingerprint density at radius 3 is 2.45 bits per heavy atom. The van der Waals surface area contributed by atoms with Crippen LogP contribution >= 0.6 is 11.3 Å². The fourth-order valence-electron chi connectivity index (χ4n) is 4.20. The second-order valence-corrected chi connectivity index (χ2v) is 14.7. The summed E-state index contributed by atoms with van der Waals surface area (Å²) in [6.07, 6.45) is -2.20. The molecule has 13 nitrogen and oxygen atoms in total. The standard InChI is InChI=1S/C21H23F3N9O4S3/c1-12(2)40(36,37)32-9-5-13(6-10-32)14-11-15(39(34,35)29-20(25-3)7-8-20)26-17-16(14)31(4)30-33(17)19-28-27-18(38-19)21(22,23)24/h5,11-12,29H,6-10H2,1-2,4H3/q+1. The third-order valence-corrected chi connectivity index (χ3v) is 11.1. The molecule has 1 fully saturated rings. The van der Waals surface area contributed by atoms with Gasteiger partial charge < -0.3 is 0 Å². The number of aryl methyl sites for hydroxylation is 1. The molecule has 1 aliphatic carbocycles. The van der Waals surface area contributed by atoms with E-state index in [9.17, 15) is 30.0 Å². The molecular formula is C21H23F3N9O4S3+. The van der Waals surface area contributed by atoms with E-state index < -0.39 is 47.2 Å². The number of nitrogens with zero attached hydrogens (tertiary/aromatic N) is 8. The molecule has 2 aliphatic rings. The molecule has 4 heterocycles. The first-order valence-electron chi connectivity index (χ1n) is 11.9. The number of hydrogen-bond donors (Lipinski definition) is 1. The van der Waals surface area contributed by atoms with Gasteiger partial charge in [-0.2, -0.15) is 22.2 Å². The van der Waals surface area contributed by atoms with Gasteiger partial charge in [-0.15, -0.1) is 9.71 Å². The van der Waals surface area contributed by atoms with Crippen LogP contribution in [0.25, 0.3) is 26.7 Å². The van der Waals surface area contributed by atoms with Gasteiger partial charge >= 0.3 is 11.3 Å². The minimum absolute atomic E-state index is 0.0457. The zero-order valence-corrected chi connectivity index (χ0v) is 23.8. The molecule has 0 aromatic carbocycles. The molecule has 1 N–H and O–H groups in total. The van der Waals surface area contributed by atoms with Gasteiger partial charge in [0, 0.05) is 29.9 Å². The number of hydrogen-bond acceptors (Lipinski definition) is 9. The van der Waals surface area contributed by atoms with Crippen LogP contribution in [-0.2, 0) is 33.3 Å². The molecule has 0 amide bonds. The van der Waals surface area contributed by atoms with E-state index in [2.05, 4.69) is 30.0 Å². The lowest BCUT2D eigenvalue weighted by atomic mass is 10.0. The lowest BCUT2D eigenvalue weighted by Gasteiger charge is -2.27. The quantitative estimate of drug-likeness (QED) is 0.310. The van der Waals surface area contributed by atoms with Crippen LogP contribution in [0.2, 0.25) is 0 Å². The number of alkyl halides is 3. The highest BCUT2D eigenvalue weighted by Gasteiger charge is 2.55. The van der Waals surface area contributed by atoms with Crippen molar-refractivity contribution >= 4 is 48.1 Å². The molecule has 0 unspecified atom stereocenters. The van der Waals surface area contributed by atoms with Gasteiger partial charge in [-0.25, -0.2) is 23.4 Å². The van der Waals surface area contributed by atoms with Gasteiger partial charge in [0.1, 0.15) is 0 Å². The van der Waals surface area contributed by atoms with E-state index in [-0.39, 0.29) is 41.6 Å². The molecule has 3 aromatic rings. The summed E-state index contributed by atoms with van der Waals surface area (Å²) in [4.78, 5) is 7.62. The van der Waals surface area contributed by atoms with Gasteiger partial charge in [0.05, 0.1) is 25.1 Å². The number of fused-ring (bicyclic) bond motifs is 1. The minimum Gasteiger partial charge on any atom is -0.292 e. The molecule has 1 aliphatic heterocycles. The predicted octanol–water partition coefficient (Wildman–Crippen LogP) is 1.63. The second-order valence-electron chi connectivity index (χ2n) is 9.67. The first-order valence-corrected chi connectivity index (χ1v) is 15.7. The monoisotopic (exact) mass is 618 g/mol. The highest BCUT2D eigenvalue weighted by molar-refractivity contribution is 7.89. The van der Waals surface area contributed by atoms with Crippen molar-refractivity contribution < 1.29 is 34.7 Å². The van der Waals surface area contributed by atoms with E-state index in [0.29, 0.717) is 29.5 Å². The summed E-state index contributed by atoms with van der Waals surface area (Å²) in [7, 11) is -6.36. The Hall–Kier alpha value is -3.05. The molecule has 0 spiro atoms. The highest BCUT2D eigenvalue weighted by Crippen LogP contribution is 2.39. The highest BCUT2D eigenvalue weighted by atomic mass is 32.2. The third kappa shape index (κ3) is 4.98. The van der Waals surface area contributed by atoms with E-state index in [1.165, 1.54) is 22.1 Å². The molecule has 3 aromatic heterocycles. The van der Waals surface area contributed by atoms with Crippen LogP contribution in [0.3, 0.4) is 0 Å². The van der Waals surface area contributed by atoms with Crippen molar-refractivity contribution in [3.63, 3.8) is 0 Å². The third-order valence-electron chi connectivity index (χ3n) is 6.55. The summed E-state index contributed by atoms with van der Waals surface area (Å²) < 4.78 is 97.6. The maximum Gasteiger partial charge on any atom is 0.446 e. The number of pyridine rings is 1. The van der Waals surface area contributed by atoms with Crippen molar-refractivity contribution in [2.24, 2.45) is 7.05 Å². The van der Waals surface area contributed by atoms with Crippen LogP contribution in [-0.4, -0.2) is 70.2 Å². The molecule has 1 saturated carbocycles. The maximum atomic E-state index is 13.3. The number of rotatable bonds is 7. The van der Waals surface area contributed by atoms with Crippen molar-refractivity contribution in [2.75, 3.05) is 13.1 Å². The molecule has 0 saturated heterocycles. The van der Waals surface area contributed by atoms with Gasteiger partial charge in [-0.1, -0.05) is 15.9 Å². The average molecular weight is 619 g/mol. The molecule has 0 bridgehead atoms. The summed E-state index contributed by atoms with van der Waals surface area (Å²) in [6, 6.07) is 1.30. The summed E-state index contributed by atoms with van der Waals surface area (Å²) >= 11 is 0.212. The fraction of sp³-hybridized carbons (Fsp3) is 0.524. The van der Waals surface area contributed by atoms with Gasteiger partial charge in [0.25, 0.3) is 21.3 Å². The van der Waals surface area contributed by atoms with Crippen LogP contribution in [0.1, 0.15) is 43.7 Å². The average Bonchev–Trinajstić information content (AvgIpc) is 3.30. The Labute approximate surface area is 231 Å². The van der Waals surface area contributed by atoms with Gasteiger partial charge in [0.2, 0.25) is 20.1 Å². The van der Waals surface area contributed by atoms with Crippen molar-refractivity contribution in [3.8, 4) is 5.13 Å². The van der Waals surface area contributed by atoms with Crippen LogP contribution in [0.4, 0.5) is 13.2 Å². The van der Waals surface area contributed by atoms with Crippen molar-refractivity contribution in [1.82, 2.24) is 34.1 Å². The van der Waals surface area contributed by atoms with Crippen LogP contribution in [0.15, 0.2) is 17.2 Å². The van der Waals surface area contributed by atoms with Crippen LogP contribution in [0.5, 0.6) is 0 Å². The first-order chi connectivity index (χ1) is 18.6. The van der Waals surface area contributed by atoms with Crippen LogP contribution < -0.4 is 9.40 Å². The van der Waals surface area contributed by atoms with E-state index in [1.54, 1.807) is 19.9 Å². The Kier molecular flexibility index (Phi) is 6.77. The molecular weight excluding hydrogens is 595 g/mol. The summed E-state index contributed by atoms with van der Waals surface area (Å²) in [6.45, 7) is 10.7. The molecule has 0 atom stereocenters. The molecule has 214 valence electrons. The molecule has 0 radical (unpaired) electrons. The summed E-state index contributed by atoms with van der Waals surface area (Å²) in [5, 5.41) is 8.41. The lowest BCUT2D eigenvalue weighted by Crippen LogP contribution is -2.39. The fourth-order valence-corrected chi connectivity index (χ4v) is 7.42.